The molecule has 0 aliphatic heterocycles. The Balaban J connectivity index is 3.01. The Bertz CT molecular complexity index is 182. The van der Waals surface area contributed by atoms with E-state index in [2.05, 4.69) is 11.1 Å². The van der Waals surface area contributed by atoms with Crippen LogP contribution in [0.25, 0.3) is 0 Å². The molecule has 0 bridgehead atoms. The molecule has 0 aromatic carbocycles. The third-order valence-corrected chi connectivity index (χ3v) is 2.24. The topological polar surface area (TPSA) is 62.2 Å². The highest BCUT2D eigenvalue weighted by Gasteiger charge is 1.87. The van der Waals surface area contributed by atoms with E-state index < -0.39 is 0 Å². The summed E-state index contributed by atoms with van der Waals surface area (Å²) >= 11 is 0. The standard InChI is InChI=1S/C12H23N3/c13-9-5-1-3-7-11-15-12-8-4-2-6-10-14/h12H,1-9,11,13H2. The van der Waals surface area contributed by atoms with E-state index in [1.807, 2.05) is 6.21 Å². The number of hydrogen-bond acceptors (Lipinski definition) is 3. The van der Waals surface area contributed by atoms with Gasteiger partial charge in [-0.3, -0.25) is 4.99 Å². The maximum Gasteiger partial charge on any atom is 0.0621 e. The van der Waals surface area contributed by atoms with Gasteiger partial charge >= 0.3 is 0 Å². The Hall–Kier alpha value is -0.880. The van der Waals surface area contributed by atoms with Crippen LogP contribution in [0.15, 0.2) is 4.99 Å². The zero-order valence-electron chi connectivity index (χ0n) is 9.62. The largest absolute Gasteiger partial charge is 0.330 e. The van der Waals surface area contributed by atoms with Gasteiger partial charge in [-0.15, -0.1) is 0 Å². The molecule has 15 heavy (non-hydrogen) atoms. The molecule has 0 aliphatic carbocycles. The van der Waals surface area contributed by atoms with E-state index in [1.165, 1.54) is 19.3 Å². The molecule has 0 spiro atoms. The number of nitrogens with two attached hydrogens (primary N) is 1. The van der Waals surface area contributed by atoms with Gasteiger partial charge < -0.3 is 5.73 Å². The molecule has 0 aromatic rings. The van der Waals surface area contributed by atoms with E-state index >= 15 is 0 Å². The Morgan fingerprint density at radius 1 is 1.07 bits per heavy atom. The average Bonchev–Trinajstić information content (AvgIpc) is 2.26. The zero-order chi connectivity index (χ0) is 11.2. The molecule has 0 unspecified atom stereocenters. The number of unbranched alkanes of at least 4 members (excludes halogenated alkanes) is 6. The average molecular weight is 209 g/mol. The first kappa shape index (κ1) is 14.1. The molecule has 3 nitrogen and oxygen atoms in total. The van der Waals surface area contributed by atoms with Crippen molar-refractivity contribution in [3.05, 3.63) is 0 Å². The van der Waals surface area contributed by atoms with Crippen molar-refractivity contribution in [2.75, 3.05) is 13.1 Å². The first-order valence-corrected chi connectivity index (χ1v) is 5.97. The van der Waals surface area contributed by atoms with Crippen LogP contribution in [0.1, 0.15) is 51.4 Å². The fourth-order valence-electron chi connectivity index (χ4n) is 1.32. The summed E-state index contributed by atoms with van der Waals surface area (Å²) in [6.07, 6.45) is 10.6. The Morgan fingerprint density at radius 3 is 2.60 bits per heavy atom. The Morgan fingerprint density at radius 2 is 1.87 bits per heavy atom. The van der Waals surface area contributed by atoms with Crippen LogP contribution in [-0.2, 0) is 0 Å². The van der Waals surface area contributed by atoms with Gasteiger partial charge in [-0.2, -0.15) is 5.26 Å². The molecule has 0 radical (unpaired) electrons. The Labute approximate surface area is 93.4 Å². The fraction of sp³-hybridized carbons (Fsp3) is 0.833. The lowest BCUT2D eigenvalue weighted by molar-refractivity contribution is 0.653. The lowest BCUT2D eigenvalue weighted by atomic mass is 10.2. The molecule has 3 heteroatoms. The monoisotopic (exact) mass is 209 g/mol. The Kier molecular flexibility index (Phi) is 12.4. The van der Waals surface area contributed by atoms with E-state index in [1.54, 1.807) is 0 Å². The quantitative estimate of drug-likeness (QED) is 0.444. The van der Waals surface area contributed by atoms with Crippen molar-refractivity contribution < 1.29 is 0 Å². The highest BCUT2D eigenvalue weighted by Crippen LogP contribution is 1.99. The molecule has 0 fully saturated rings. The van der Waals surface area contributed by atoms with Crippen molar-refractivity contribution in [3.63, 3.8) is 0 Å². The minimum Gasteiger partial charge on any atom is -0.330 e. The second-order valence-corrected chi connectivity index (χ2v) is 3.70. The van der Waals surface area contributed by atoms with Crippen molar-refractivity contribution in [2.24, 2.45) is 10.7 Å². The highest BCUT2D eigenvalue weighted by molar-refractivity contribution is 5.56. The van der Waals surface area contributed by atoms with Gasteiger partial charge in [-0.05, 0) is 44.9 Å². The summed E-state index contributed by atoms with van der Waals surface area (Å²) in [7, 11) is 0. The summed E-state index contributed by atoms with van der Waals surface area (Å²) in [5.74, 6) is 0. The maximum atomic E-state index is 8.32. The van der Waals surface area contributed by atoms with Crippen LogP contribution in [0.3, 0.4) is 0 Å². The first-order chi connectivity index (χ1) is 7.41. The summed E-state index contributed by atoms with van der Waals surface area (Å²) in [4.78, 5) is 4.33. The van der Waals surface area contributed by atoms with Crippen molar-refractivity contribution >= 4 is 6.21 Å². The van der Waals surface area contributed by atoms with Gasteiger partial charge in [0.05, 0.1) is 6.07 Å². The highest BCUT2D eigenvalue weighted by atomic mass is 14.7. The number of hydrogen-bond donors (Lipinski definition) is 1. The maximum absolute atomic E-state index is 8.32. The van der Waals surface area contributed by atoms with Crippen molar-refractivity contribution in [3.8, 4) is 6.07 Å². The molecule has 0 aromatic heterocycles. The van der Waals surface area contributed by atoms with Crippen molar-refractivity contribution in [1.29, 1.82) is 5.26 Å². The minimum atomic E-state index is 0.674. The second-order valence-electron chi connectivity index (χ2n) is 3.70. The smallest absolute Gasteiger partial charge is 0.0621 e. The minimum absolute atomic E-state index is 0.674. The van der Waals surface area contributed by atoms with Crippen molar-refractivity contribution in [2.45, 2.75) is 51.4 Å². The summed E-state index contributed by atoms with van der Waals surface area (Å²) < 4.78 is 0. The molecule has 0 aliphatic rings. The normalized spacial score (nSPS) is 10.7. The van der Waals surface area contributed by atoms with Crippen LogP contribution in [0.5, 0.6) is 0 Å². The van der Waals surface area contributed by atoms with Gasteiger partial charge in [0, 0.05) is 13.0 Å². The molecule has 0 saturated carbocycles. The summed E-state index contributed by atoms with van der Waals surface area (Å²) in [6.45, 7) is 1.75. The number of aliphatic imine (C=N–C) groups is 1. The van der Waals surface area contributed by atoms with E-state index in [9.17, 15) is 0 Å². The van der Waals surface area contributed by atoms with Crippen LogP contribution in [0, 0.1) is 11.3 Å². The molecule has 86 valence electrons. The lowest BCUT2D eigenvalue weighted by Gasteiger charge is -1.96. The van der Waals surface area contributed by atoms with Crippen LogP contribution in [0.4, 0.5) is 0 Å². The summed E-state index contributed by atoms with van der Waals surface area (Å²) in [5.41, 5.74) is 5.40. The number of nitrogens with zero attached hydrogens (tertiary/aromatic N) is 2. The molecule has 0 heterocycles. The predicted octanol–water partition coefficient (Wildman–Crippen LogP) is 2.66. The van der Waals surface area contributed by atoms with Crippen LogP contribution in [0.2, 0.25) is 0 Å². The molecule has 2 N–H and O–H groups in total. The molecule has 0 atom stereocenters. The summed E-state index contributed by atoms with van der Waals surface area (Å²) in [6, 6.07) is 2.14. The van der Waals surface area contributed by atoms with Crippen molar-refractivity contribution in [1.82, 2.24) is 0 Å². The SMILES string of the molecule is N#CCCCCC=NCCCCCCN. The number of rotatable bonds is 10. The predicted molar refractivity (Wildman–Crippen MR) is 65.0 cm³/mol. The zero-order valence-corrected chi connectivity index (χ0v) is 9.62. The second kappa shape index (κ2) is 13.1. The van der Waals surface area contributed by atoms with Crippen LogP contribution in [-0.4, -0.2) is 19.3 Å². The number of nitriles is 1. The van der Waals surface area contributed by atoms with E-state index in [4.69, 9.17) is 11.0 Å². The first-order valence-electron chi connectivity index (χ1n) is 5.97. The summed E-state index contributed by atoms with van der Waals surface area (Å²) in [5, 5.41) is 8.32. The fourth-order valence-corrected chi connectivity index (χ4v) is 1.32. The van der Waals surface area contributed by atoms with Gasteiger partial charge in [-0.25, -0.2) is 0 Å². The van der Waals surface area contributed by atoms with Gasteiger partial charge in [0.1, 0.15) is 0 Å². The molecular formula is C12H23N3. The molecule has 0 rings (SSSR count). The molecule has 0 amide bonds. The molecular weight excluding hydrogens is 186 g/mol. The van der Waals surface area contributed by atoms with E-state index in [0.29, 0.717) is 6.42 Å². The molecule has 0 saturated heterocycles. The lowest BCUT2D eigenvalue weighted by Crippen LogP contribution is -1.97. The van der Waals surface area contributed by atoms with Gasteiger partial charge in [0.15, 0.2) is 0 Å². The van der Waals surface area contributed by atoms with Crippen LogP contribution >= 0.6 is 0 Å². The third kappa shape index (κ3) is 13.1. The van der Waals surface area contributed by atoms with E-state index in [-0.39, 0.29) is 0 Å². The van der Waals surface area contributed by atoms with E-state index in [0.717, 1.165) is 38.8 Å². The van der Waals surface area contributed by atoms with Gasteiger partial charge in [0.2, 0.25) is 0 Å². The van der Waals surface area contributed by atoms with Crippen LogP contribution < -0.4 is 5.73 Å². The van der Waals surface area contributed by atoms with Gasteiger partial charge in [-0.1, -0.05) is 12.8 Å². The van der Waals surface area contributed by atoms with Gasteiger partial charge in [0.25, 0.3) is 0 Å². The third-order valence-electron chi connectivity index (χ3n) is 2.24.